The third kappa shape index (κ3) is 5.42. The molecule has 0 saturated carbocycles. The standard InChI is InChI=1S/C18H28N4O3/c1-14(15-5-4-9-19-13-15)21(2)18(24)20-16-6-10-22(11-7-16)17(23)8-12-25-3/h4-5,9,13-14,16H,6-8,10-12H2,1-3H3,(H,20,24). The van der Waals surface area contributed by atoms with E-state index >= 15 is 0 Å². The van der Waals surface area contributed by atoms with Crippen molar-refractivity contribution in [2.24, 2.45) is 0 Å². The van der Waals surface area contributed by atoms with Gasteiger partial charge in [-0.05, 0) is 31.4 Å². The van der Waals surface area contributed by atoms with Crippen molar-refractivity contribution in [3.05, 3.63) is 30.1 Å². The summed E-state index contributed by atoms with van der Waals surface area (Å²) in [7, 11) is 3.38. The predicted octanol–water partition coefficient (Wildman–Crippen LogP) is 1.81. The van der Waals surface area contributed by atoms with E-state index in [2.05, 4.69) is 10.3 Å². The molecule has 7 heteroatoms. The predicted molar refractivity (Wildman–Crippen MR) is 95.0 cm³/mol. The second-order valence-corrected chi connectivity index (χ2v) is 6.42. The van der Waals surface area contributed by atoms with Crippen LogP contribution in [0.1, 0.15) is 37.8 Å². The number of aromatic nitrogens is 1. The highest BCUT2D eigenvalue weighted by Crippen LogP contribution is 2.18. The van der Waals surface area contributed by atoms with Gasteiger partial charge in [0.2, 0.25) is 5.91 Å². The summed E-state index contributed by atoms with van der Waals surface area (Å²) in [5.41, 5.74) is 0.999. The van der Waals surface area contributed by atoms with E-state index in [1.165, 1.54) is 0 Å². The molecule has 1 aromatic heterocycles. The van der Waals surface area contributed by atoms with Crippen molar-refractivity contribution in [1.82, 2.24) is 20.1 Å². The smallest absolute Gasteiger partial charge is 0.317 e. The summed E-state index contributed by atoms with van der Waals surface area (Å²) in [6.07, 6.45) is 5.47. The van der Waals surface area contributed by atoms with E-state index in [1.54, 1.807) is 31.5 Å². The highest BCUT2D eigenvalue weighted by molar-refractivity contribution is 5.77. The zero-order chi connectivity index (χ0) is 18.2. The maximum Gasteiger partial charge on any atom is 0.317 e. The van der Waals surface area contributed by atoms with Crippen LogP contribution in [0.4, 0.5) is 4.79 Å². The van der Waals surface area contributed by atoms with Gasteiger partial charge in [-0.15, -0.1) is 0 Å². The van der Waals surface area contributed by atoms with Gasteiger partial charge in [0.25, 0.3) is 0 Å². The molecule has 1 fully saturated rings. The number of urea groups is 1. The number of nitrogens with one attached hydrogen (secondary N) is 1. The summed E-state index contributed by atoms with van der Waals surface area (Å²) in [4.78, 5) is 32.1. The Kier molecular flexibility index (Phi) is 7.18. The Morgan fingerprint density at radius 2 is 2.16 bits per heavy atom. The van der Waals surface area contributed by atoms with Crippen molar-refractivity contribution >= 4 is 11.9 Å². The van der Waals surface area contributed by atoms with Gasteiger partial charge in [-0.25, -0.2) is 4.79 Å². The van der Waals surface area contributed by atoms with E-state index in [0.717, 1.165) is 18.4 Å². The Hall–Kier alpha value is -2.15. The minimum absolute atomic E-state index is 0.0515. The molecule has 0 aliphatic carbocycles. The monoisotopic (exact) mass is 348 g/mol. The van der Waals surface area contributed by atoms with Crippen LogP contribution in [0, 0.1) is 0 Å². The van der Waals surface area contributed by atoms with Crippen LogP contribution in [-0.2, 0) is 9.53 Å². The van der Waals surface area contributed by atoms with Crippen molar-refractivity contribution < 1.29 is 14.3 Å². The van der Waals surface area contributed by atoms with Crippen LogP contribution >= 0.6 is 0 Å². The Bertz CT molecular complexity index is 559. The van der Waals surface area contributed by atoms with Crippen molar-refractivity contribution in [3.8, 4) is 0 Å². The molecule has 0 radical (unpaired) electrons. The van der Waals surface area contributed by atoms with Gasteiger partial charge in [-0.2, -0.15) is 0 Å². The molecule has 2 rings (SSSR count). The average molecular weight is 348 g/mol. The minimum atomic E-state index is -0.0967. The van der Waals surface area contributed by atoms with Crippen LogP contribution in [0.15, 0.2) is 24.5 Å². The number of nitrogens with zero attached hydrogens (tertiary/aromatic N) is 3. The Morgan fingerprint density at radius 1 is 1.44 bits per heavy atom. The van der Waals surface area contributed by atoms with Crippen LogP contribution in [0.25, 0.3) is 0 Å². The Balaban J connectivity index is 1.79. The first-order valence-corrected chi connectivity index (χ1v) is 8.73. The number of pyridine rings is 1. The fourth-order valence-electron chi connectivity index (χ4n) is 2.92. The van der Waals surface area contributed by atoms with Gasteiger partial charge in [0.05, 0.1) is 19.1 Å². The van der Waals surface area contributed by atoms with Crippen LogP contribution in [0.2, 0.25) is 0 Å². The van der Waals surface area contributed by atoms with Gasteiger partial charge in [-0.1, -0.05) is 6.07 Å². The van der Waals surface area contributed by atoms with Crippen LogP contribution < -0.4 is 5.32 Å². The number of carbonyl (C=O) groups is 2. The topological polar surface area (TPSA) is 74.8 Å². The fourth-order valence-corrected chi connectivity index (χ4v) is 2.92. The summed E-state index contributed by atoms with van der Waals surface area (Å²) in [6, 6.07) is 3.78. The maximum atomic E-state index is 12.5. The molecule has 25 heavy (non-hydrogen) atoms. The van der Waals surface area contributed by atoms with Crippen LogP contribution in [0.3, 0.4) is 0 Å². The molecule has 1 aromatic rings. The van der Waals surface area contributed by atoms with Gasteiger partial charge in [-0.3, -0.25) is 9.78 Å². The fraction of sp³-hybridized carbons (Fsp3) is 0.611. The summed E-state index contributed by atoms with van der Waals surface area (Å²) in [5.74, 6) is 0.119. The van der Waals surface area contributed by atoms with E-state index in [0.29, 0.717) is 26.1 Å². The number of amides is 3. The number of likely N-dealkylation sites (tertiary alicyclic amines) is 1. The molecule has 0 spiro atoms. The Labute approximate surface area is 149 Å². The molecule has 1 aliphatic heterocycles. The molecule has 0 bridgehead atoms. The van der Waals surface area contributed by atoms with Gasteiger partial charge in [0.15, 0.2) is 0 Å². The number of methoxy groups -OCH3 is 1. The molecule has 1 unspecified atom stereocenters. The summed E-state index contributed by atoms with van der Waals surface area (Å²) >= 11 is 0. The first-order valence-electron chi connectivity index (χ1n) is 8.73. The van der Waals surface area contributed by atoms with E-state index in [4.69, 9.17) is 4.74 Å². The van der Waals surface area contributed by atoms with Gasteiger partial charge in [0.1, 0.15) is 0 Å². The number of hydrogen-bond acceptors (Lipinski definition) is 4. The first kappa shape index (κ1) is 19.2. The molecule has 3 amide bonds. The molecule has 2 heterocycles. The second-order valence-electron chi connectivity index (χ2n) is 6.42. The molecular formula is C18H28N4O3. The zero-order valence-electron chi connectivity index (χ0n) is 15.3. The molecule has 1 atom stereocenters. The molecule has 7 nitrogen and oxygen atoms in total. The van der Waals surface area contributed by atoms with Crippen molar-refractivity contribution in [3.63, 3.8) is 0 Å². The molecule has 1 aliphatic rings. The second kappa shape index (κ2) is 9.36. The minimum Gasteiger partial charge on any atom is -0.384 e. The van der Waals surface area contributed by atoms with E-state index in [1.807, 2.05) is 24.0 Å². The summed E-state index contributed by atoms with van der Waals surface area (Å²) < 4.78 is 4.95. The lowest BCUT2D eigenvalue weighted by Crippen LogP contribution is -2.49. The first-order chi connectivity index (χ1) is 12.0. The molecular weight excluding hydrogens is 320 g/mol. The maximum absolute atomic E-state index is 12.5. The summed E-state index contributed by atoms with van der Waals surface area (Å²) in [6.45, 7) is 3.78. The SMILES string of the molecule is COCCC(=O)N1CCC(NC(=O)N(C)C(C)c2cccnc2)CC1. The highest BCUT2D eigenvalue weighted by atomic mass is 16.5. The van der Waals surface area contributed by atoms with E-state index in [-0.39, 0.29) is 24.0 Å². The van der Waals surface area contributed by atoms with Crippen molar-refractivity contribution in [2.45, 2.75) is 38.3 Å². The normalized spacial score (nSPS) is 16.4. The number of carbonyl (C=O) groups excluding carboxylic acids is 2. The van der Waals surface area contributed by atoms with Gasteiger partial charge in [0, 0.05) is 45.7 Å². The van der Waals surface area contributed by atoms with Gasteiger partial charge < -0.3 is 19.9 Å². The third-order valence-corrected chi connectivity index (χ3v) is 4.76. The lowest BCUT2D eigenvalue weighted by atomic mass is 10.0. The molecule has 1 saturated heterocycles. The van der Waals surface area contributed by atoms with E-state index < -0.39 is 0 Å². The number of ether oxygens (including phenoxy) is 1. The van der Waals surface area contributed by atoms with Crippen LogP contribution in [0.5, 0.6) is 0 Å². The van der Waals surface area contributed by atoms with Crippen LogP contribution in [-0.4, -0.2) is 66.6 Å². The van der Waals surface area contributed by atoms with Crippen molar-refractivity contribution in [1.29, 1.82) is 0 Å². The average Bonchev–Trinajstić information content (AvgIpc) is 2.66. The van der Waals surface area contributed by atoms with E-state index in [9.17, 15) is 9.59 Å². The van der Waals surface area contributed by atoms with Crippen molar-refractivity contribution in [2.75, 3.05) is 33.9 Å². The molecule has 0 aromatic carbocycles. The summed E-state index contributed by atoms with van der Waals surface area (Å²) in [5, 5.41) is 3.08. The zero-order valence-corrected chi connectivity index (χ0v) is 15.3. The lowest BCUT2D eigenvalue weighted by Gasteiger charge is -2.34. The lowest BCUT2D eigenvalue weighted by molar-refractivity contribution is -0.133. The number of hydrogen-bond donors (Lipinski definition) is 1. The van der Waals surface area contributed by atoms with Gasteiger partial charge >= 0.3 is 6.03 Å². The largest absolute Gasteiger partial charge is 0.384 e. The quantitative estimate of drug-likeness (QED) is 0.851. The number of rotatable bonds is 6. The highest BCUT2D eigenvalue weighted by Gasteiger charge is 2.25. The molecule has 1 N–H and O–H groups in total. The Morgan fingerprint density at radius 3 is 2.76 bits per heavy atom. The molecule has 138 valence electrons. The number of piperidine rings is 1. The third-order valence-electron chi connectivity index (χ3n) is 4.76.